The zero-order chi connectivity index (χ0) is 9.30. The number of halogens is 4. The van der Waals surface area contributed by atoms with Gasteiger partial charge in [0.2, 0.25) is 5.83 Å². The average Bonchev–Trinajstić information content (AvgIpc) is 2.07. The molecular formula is C8H4F4. The molecule has 4 heteroatoms. The maximum absolute atomic E-state index is 12.6. The molecule has 1 aliphatic rings. The van der Waals surface area contributed by atoms with Crippen molar-refractivity contribution in [2.45, 2.75) is 6.92 Å². The van der Waals surface area contributed by atoms with Crippen LogP contribution in [-0.2, 0) is 0 Å². The largest absolute Gasteiger partial charge is 0.204 e. The van der Waals surface area contributed by atoms with E-state index in [1.165, 1.54) is 0 Å². The summed E-state index contributed by atoms with van der Waals surface area (Å²) in [6.07, 6.45) is 0.147. The Balaban J connectivity index is 3.38. The van der Waals surface area contributed by atoms with Crippen LogP contribution in [0.5, 0.6) is 0 Å². The van der Waals surface area contributed by atoms with Crippen molar-refractivity contribution in [2.75, 3.05) is 0 Å². The molecule has 0 spiro atoms. The molecule has 12 heavy (non-hydrogen) atoms. The van der Waals surface area contributed by atoms with E-state index in [2.05, 4.69) is 0 Å². The van der Waals surface area contributed by atoms with Crippen molar-refractivity contribution in [3.05, 3.63) is 40.7 Å². The van der Waals surface area contributed by atoms with Gasteiger partial charge in [0.15, 0.2) is 17.5 Å². The van der Waals surface area contributed by atoms with Crippen molar-refractivity contribution >= 4 is 0 Å². The van der Waals surface area contributed by atoms with Crippen molar-refractivity contribution in [3.8, 4) is 0 Å². The van der Waals surface area contributed by atoms with Crippen molar-refractivity contribution < 1.29 is 17.6 Å². The molecule has 0 N–H and O–H groups in total. The standard InChI is InChI=1S/C8H4F4/c1-4-2-5(9)6(10)3-7(11)8(4)12/h3H,1H3. The maximum atomic E-state index is 12.6. The maximum Gasteiger partial charge on any atom is 0.201 e. The fraction of sp³-hybridized carbons (Fsp3) is 0.125. The molecular weight excluding hydrogens is 172 g/mol. The summed E-state index contributed by atoms with van der Waals surface area (Å²) in [5.74, 6) is -5.57. The van der Waals surface area contributed by atoms with Crippen LogP contribution in [0.4, 0.5) is 17.6 Å². The fourth-order valence-corrected chi connectivity index (χ4v) is 0.696. The van der Waals surface area contributed by atoms with Crippen molar-refractivity contribution in [1.29, 1.82) is 0 Å². The Hall–Kier alpha value is -1.28. The second-order valence-corrected chi connectivity index (χ2v) is 2.22. The molecule has 0 bridgehead atoms. The van der Waals surface area contributed by atoms with Crippen LogP contribution in [0.25, 0.3) is 0 Å². The summed E-state index contributed by atoms with van der Waals surface area (Å²) in [7, 11) is 0. The topological polar surface area (TPSA) is 0 Å². The first-order valence-electron chi connectivity index (χ1n) is 3.08. The fourth-order valence-electron chi connectivity index (χ4n) is 0.696. The summed E-state index contributed by atoms with van der Waals surface area (Å²) in [4.78, 5) is 0. The van der Waals surface area contributed by atoms with Gasteiger partial charge in [-0.1, -0.05) is 5.73 Å². The minimum Gasteiger partial charge on any atom is -0.204 e. The highest BCUT2D eigenvalue weighted by Crippen LogP contribution is 2.25. The SMILES string of the molecule is CC1=C=C(F)C(F)=CC(F)=C1F. The van der Waals surface area contributed by atoms with Crippen LogP contribution in [0.2, 0.25) is 0 Å². The molecule has 0 saturated heterocycles. The predicted octanol–water partition coefficient (Wildman–Crippen LogP) is 3.40. The van der Waals surface area contributed by atoms with Crippen LogP contribution in [0.15, 0.2) is 40.7 Å². The molecule has 0 heterocycles. The molecule has 0 unspecified atom stereocenters. The van der Waals surface area contributed by atoms with E-state index in [1.54, 1.807) is 5.73 Å². The van der Waals surface area contributed by atoms with Crippen molar-refractivity contribution in [1.82, 2.24) is 0 Å². The highest BCUT2D eigenvalue weighted by atomic mass is 19.2. The average molecular weight is 176 g/mol. The Morgan fingerprint density at radius 1 is 1.17 bits per heavy atom. The van der Waals surface area contributed by atoms with Crippen LogP contribution >= 0.6 is 0 Å². The van der Waals surface area contributed by atoms with Gasteiger partial charge in [0.1, 0.15) is 0 Å². The summed E-state index contributed by atoms with van der Waals surface area (Å²) in [5, 5.41) is 0. The lowest BCUT2D eigenvalue weighted by atomic mass is 10.3. The first kappa shape index (κ1) is 8.81. The minimum atomic E-state index is -1.46. The van der Waals surface area contributed by atoms with Crippen LogP contribution in [-0.4, -0.2) is 0 Å². The highest BCUT2D eigenvalue weighted by Gasteiger charge is 2.14. The van der Waals surface area contributed by atoms with Gasteiger partial charge in [0.25, 0.3) is 0 Å². The van der Waals surface area contributed by atoms with Crippen LogP contribution in [0.1, 0.15) is 6.92 Å². The second-order valence-electron chi connectivity index (χ2n) is 2.22. The lowest BCUT2D eigenvalue weighted by Crippen LogP contribution is -1.77. The van der Waals surface area contributed by atoms with Gasteiger partial charge in [-0.3, -0.25) is 0 Å². The smallest absolute Gasteiger partial charge is 0.201 e. The summed E-state index contributed by atoms with van der Waals surface area (Å²) >= 11 is 0. The molecule has 0 atom stereocenters. The van der Waals surface area contributed by atoms with E-state index in [0.717, 1.165) is 6.92 Å². The molecule has 64 valence electrons. The van der Waals surface area contributed by atoms with E-state index in [1.807, 2.05) is 0 Å². The van der Waals surface area contributed by atoms with E-state index in [9.17, 15) is 17.6 Å². The predicted molar refractivity (Wildman–Crippen MR) is 35.8 cm³/mol. The Labute approximate surface area is 66.2 Å². The van der Waals surface area contributed by atoms with Gasteiger partial charge in [-0.25, -0.2) is 13.2 Å². The first-order valence-corrected chi connectivity index (χ1v) is 3.08. The Morgan fingerprint density at radius 3 is 2.33 bits per heavy atom. The van der Waals surface area contributed by atoms with E-state index < -0.39 is 28.9 Å². The second kappa shape index (κ2) is 2.99. The zero-order valence-electron chi connectivity index (χ0n) is 6.09. The van der Waals surface area contributed by atoms with Crippen LogP contribution < -0.4 is 0 Å². The van der Waals surface area contributed by atoms with Gasteiger partial charge in [0.05, 0.1) is 0 Å². The number of hydrogen-bond donors (Lipinski definition) is 0. The normalized spacial score (nSPS) is 18.2. The molecule has 0 fully saturated rings. The summed E-state index contributed by atoms with van der Waals surface area (Å²) in [6.45, 7) is 1.10. The third kappa shape index (κ3) is 1.48. The molecule has 0 nitrogen and oxygen atoms in total. The van der Waals surface area contributed by atoms with E-state index in [-0.39, 0.29) is 6.08 Å². The Kier molecular flexibility index (Phi) is 2.20. The Bertz CT molecular complexity index is 340. The van der Waals surface area contributed by atoms with Gasteiger partial charge in [0, 0.05) is 11.6 Å². The van der Waals surface area contributed by atoms with Crippen LogP contribution in [0, 0.1) is 0 Å². The molecule has 0 aliphatic heterocycles. The molecule has 1 rings (SSSR count). The monoisotopic (exact) mass is 176 g/mol. The molecule has 0 saturated carbocycles. The quantitative estimate of drug-likeness (QED) is 0.392. The molecule has 0 amide bonds. The van der Waals surface area contributed by atoms with Crippen molar-refractivity contribution in [3.63, 3.8) is 0 Å². The summed E-state index contributed by atoms with van der Waals surface area (Å²) in [5.41, 5.74) is 1.33. The molecule has 0 aromatic carbocycles. The summed E-state index contributed by atoms with van der Waals surface area (Å²) < 4.78 is 49.8. The molecule has 0 radical (unpaired) electrons. The third-order valence-corrected chi connectivity index (χ3v) is 1.30. The molecule has 0 aromatic heterocycles. The molecule has 0 aromatic rings. The van der Waals surface area contributed by atoms with Gasteiger partial charge < -0.3 is 0 Å². The number of hydrogen-bond acceptors (Lipinski definition) is 0. The van der Waals surface area contributed by atoms with Gasteiger partial charge in [-0.15, -0.1) is 0 Å². The minimum absolute atomic E-state index is 0.147. The number of allylic oxidation sites excluding steroid dienone is 5. The van der Waals surface area contributed by atoms with Crippen molar-refractivity contribution in [2.24, 2.45) is 0 Å². The lowest BCUT2D eigenvalue weighted by Gasteiger charge is -1.90. The zero-order valence-corrected chi connectivity index (χ0v) is 6.09. The Morgan fingerprint density at radius 2 is 1.75 bits per heavy atom. The van der Waals surface area contributed by atoms with Gasteiger partial charge in [-0.2, -0.15) is 4.39 Å². The van der Waals surface area contributed by atoms with E-state index >= 15 is 0 Å². The number of rotatable bonds is 0. The van der Waals surface area contributed by atoms with Gasteiger partial charge >= 0.3 is 0 Å². The van der Waals surface area contributed by atoms with E-state index in [4.69, 9.17) is 0 Å². The van der Waals surface area contributed by atoms with E-state index in [0.29, 0.717) is 0 Å². The third-order valence-electron chi connectivity index (χ3n) is 1.30. The van der Waals surface area contributed by atoms with Crippen LogP contribution in [0.3, 0.4) is 0 Å². The summed E-state index contributed by atoms with van der Waals surface area (Å²) in [6, 6.07) is 0. The lowest BCUT2D eigenvalue weighted by molar-refractivity contribution is 0.535. The first-order chi connectivity index (χ1) is 5.52. The van der Waals surface area contributed by atoms with Gasteiger partial charge in [-0.05, 0) is 6.92 Å². The molecule has 1 aliphatic carbocycles. The highest BCUT2D eigenvalue weighted by molar-refractivity contribution is 5.39.